The Balaban J connectivity index is 1.25. The third-order valence-electron chi connectivity index (χ3n) is 6.74. The standard InChI is InChI=1S/C29H26F3N3O3/c30-29(31,32)26-25(34-27(38-26)22-9-5-2-6-10-22)23(36)17-21-11-12-24(33-19-21)35-15-13-28(37,14-16-35)18-20-7-3-1-4-8-20/h1-12,19,37H,13-18H2. The van der Waals surface area contributed by atoms with Crippen LogP contribution in [0.5, 0.6) is 0 Å². The number of piperidine rings is 1. The van der Waals surface area contributed by atoms with E-state index in [1.807, 2.05) is 30.3 Å². The van der Waals surface area contributed by atoms with Crippen molar-refractivity contribution in [3.05, 3.63) is 102 Å². The minimum atomic E-state index is -4.86. The van der Waals surface area contributed by atoms with Gasteiger partial charge in [-0.05, 0) is 42.2 Å². The topological polar surface area (TPSA) is 79.5 Å². The molecule has 2 aromatic carbocycles. The number of halogens is 3. The highest BCUT2D eigenvalue weighted by Gasteiger charge is 2.41. The van der Waals surface area contributed by atoms with Crippen LogP contribution in [-0.4, -0.2) is 39.5 Å². The van der Waals surface area contributed by atoms with Crippen molar-refractivity contribution in [2.24, 2.45) is 0 Å². The molecule has 9 heteroatoms. The Hall–Kier alpha value is -3.98. The summed E-state index contributed by atoms with van der Waals surface area (Å²) in [5.41, 5.74) is 0.381. The largest absolute Gasteiger partial charge is 0.452 e. The van der Waals surface area contributed by atoms with E-state index in [4.69, 9.17) is 4.42 Å². The van der Waals surface area contributed by atoms with Crippen molar-refractivity contribution in [2.75, 3.05) is 18.0 Å². The first-order valence-electron chi connectivity index (χ1n) is 12.3. The summed E-state index contributed by atoms with van der Waals surface area (Å²) in [4.78, 5) is 23.2. The molecule has 38 heavy (non-hydrogen) atoms. The van der Waals surface area contributed by atoms with Crippen molar-refractivity contribution in [1.29, 1.82) is 0 Å². The second kappa shape index (κ2) is 10.4. The molecule has 0 atom stereocenters. The first-order valence-corrected chi connectivity index (χ1v) is 12.3. The molecule has 0 radical (unpaired) electrons. The Morgan fingerprint density at radius 1 is 0.947 bits per heavy atom. The fourth-order valence-electron chi connectivity index (χ4n) is 4.69. The molecule has 4 aromatic rings. The predicted octanol–water partition coefficient (Wildman–Crippen LogP) is 5.75. The van der Waals surface area contributed by atoms with E-state index in [9.17, 15) is 23.1 Å². The van der Waals surface area contributed by atoms with E-state index < -0.39 is 29.0 Å². The van der Waals surface area contributed by atoms with Gasteiger partial charge in [-0.3, -0.25) is 4.79 Å². The van der Waals surface area contributed by atoms with Crippen LogP contribution in [0.2, 0.25) is 0 Å². The number of nitrogens with zero attached hydrogens (tertiary/aromatic N) is 3. The lowest BCUT2D eigenvalue weighted by Gasteiger charge is -2.39. The van der Waals surface area contributed by atoms with E-state index >= 15 is 0 Å². The number of Topliss-reactive ketones (excluding diaryl/α,β-unsaturated/α-hetero) is 1. The lowest BCUT2D eigenvalue weighted by atomic mass is 9.85. The molecule has 0 bridgehead atoms. The molecule has 1 saturated heterocycles. The zero-order valence-corrected chi connectivity index (χ0v) is 20.5. The van der Waals surface area contributed by atoms with Crippen LogP contribution in [-0.2, 0) is 19.0 Å². The zero-order chi connectivity index (χ0) is 26.8. The predicted molar refractivity (Wildman–Crippen MR) is 136 cm³/mol. The van der Waals surface area contributed by atoms with Gasteiger partial charge in [0.15, 0.2) is 11.5 Å². The van der Waals surface area contributed by atoms with Crippen molar-refractivity contribution in [3.8, 4) is 11.5 Å². The van der Waals surface area contributed by atoms with Crippen LogP contribution in [0.1, 0.15) is 40.2 Å². The molecule has 6 nitrogen and oxygen atoms in total. The third-order valence-corrected chi connectivity index (χ3v) is 6.74. The van der Waals surface area contributed by atoms with Crippen LogP contribution < -0.4 is 4.90 Å². The molecular weight excluding hydrogens is 495 g/mol. The summed E-state index contributed by atoms with van der Waals surface area (Å²) in [7, 11) is 0. The first kappa shape index (κ1) is 25.7. The number of aliphatic hydroxyl groups is 1. The van der Waals surface area contributed by atoms with Crippen LogP contribution in [0.3, 0.4) is 0 Å². The van der Waals surface area contributed by atoms with Gasteiger partial charge in [0.25, 0.3) is 0 Å². The van der Waals surface area contributed by atoms with E-state index in [0.717, 1.165) is 5.56 Å². The number of anilines is 1. The number of hydrogen-bond donors (Lipinski definition) is 1. The quantitative estimate of drug-likeness (QED) is 0.312. The van der Waals surface area contributed by atoms with Crippen molar-refractivity contribution in [1.82, 2.24) is 9.97 Å². The number of carbonyl (C=O) groups is 1. The molecule has 0 aliphatic carbocycles. The third kappa shape index (κ3) is 5.78. The number of hydrogen-bond acceptors (Lipinski definition) is 6. The summed E-state index contributed by atoms with van der Waals surface area (Å²) in [6, 6.07) is 21.4. The number of oxazole rings is 1. The van der Waals surface area contributed by atoms with E-state index in [1.54, 1.807) is 42.5 Å². The molecule has 1 N–H and O–H groups in total. The van der Waals surface area contributed by atoms with Crippen LogP contribution in [0.4, 0.5) is 19.0 Å². The van der Waals surface area contributed by atoms with Gasteiger partial charge in [0.05, 0.1) is 5.60 Å². The van der Waals surface area contributed by atoms with Gasteiger partial charge in [0.2, 0.25) is 11.7 Å². The minimum absolute atomic E-state index is 0.257. The SMILES string of the molecule is O=C(Cc1ccc(N2CCC(O)(Cc3ccccc3)CC2)nc1)c1nc(-c2ccccc2)oc1C(F)(F)F. The molecule has 2 aromatic heterocycles. The highest BCUT2D eigenvalue weighted by Crippen LogP contribution is 2.36. The number of carbonyl (C=O) groups excluding carboxylic acids is 1. The van der Waals surface area contributed by atoms with Gasteiger partial charge in [-0.15, -0.1) is 0 Å². The molecule has 5 rings (SSSR count). The fraction of sp³-hybridized carbons (Fsp3) is 0.276. The second-order valence-electron chi connectivity index (χ2n) is 9.56. The average molecular weight is 522 g/mol. The van der Waals surface area contributed by atoms with Gasteiger partial charge in [0, 0.05) is 37.7 Å². The number of alkyl halides is 3. The summed E-state index contributed by atoms with van der Waals surface area (Å²) in [5.74, 6) is -1.78. The Morgan fingerprint density at radius 3 is 2.21 bits per heavy atom. The maximum Gasteiger partial charge on any atom is 0.452 e. The molecule has 1 aliphatic rings. The molecule has 0 amide bonds. The van der Waals surface area contributed by atoms with Crippen molar-refractivity contribution < 1.29 is 27.5 Å². The van der Waals surface area contributed by atoms with Crippen LogP contribution in [0.15, 0.2) is 83.4 Å². The van der Waals surface area contributed by atoms with Crippen molar-refractivity contribution in [3.63, 3.8) is 0 Å². The molecule has 3 heterocycles. The highest BCUT2D eigenvalue weighted by molar-refractivity contribution is 5.97. The van der Waals surface area contributed by atoms with Gasteiger partial charge in [0.1, 0.15) is 5.82 Å². The van der Waals surface area contributed by atoms with E-state index in [1.165, 1.54) is 6.20 Å². The van der Waals surface area contributed by atoms with Gasteiger partial charge in [-0.1, -0.05) is 54.6 Å². The maximum absolute atomic E-state index is 13.6. The summed E-state index contributed by atoms with van der Waals surface area (Å²) in [5, 5.41) is 11.0. The van der Waals surface area contributed by atoms with Gasteiger partial charge < -0.3 is 14.4 Å². The molecule has 0 spiro atoms. The van der Waals surface area contributed by atoms with E-state index in [-0.39, 0.29) is 12.3 Å². The van der Waals surface area contributed by atoms with Crippen LogP contribution in [0.25, 0.3) is 11.5 Å². The maximum atomic E-state index is 13.6. The van der Waals surface area contributed by atoms with Crippen LogP contribution in [0, 0.1) is 0 Å². The Morgan fingerprint density at radius 2 is 1.61 bits per heavy atom. The minimum Gasteiger partial charge on any atom is -0.431 e. The Bertz CT molecular complexity index is 1380. The molecule has 196 valence electrons. The highest BCUT2D eigenvalue weighted by atomic mass is 19.4. The molecule has 1 fully saturated rings. The summed E-state index contributed by atoms with van der Waals surface area (Å²) in [6.45, 7) is 1.23. The van der Waals surface area contributed by atoms with E-state index in [0.29, 0.717) is 49.3 Å². The van der Waals surface area contributed by atoms with Gasteiger partial charge in [-0.2, -0.15) is 13.2 Å². The van der Waals surface area contributed by atoms with Gasteiger partial charge in [-0.25, -0.2) is 9.97 Å². The lowest BCUT2D eigenvalue weighted by molar-refractivity contribution is -0.153. The summed E-state index contributed by atoms with van der Waals surface area (Å²) < 4.78 is 45.7. The lowest BCUT2D eigenvalue weighted by Crippen LogP contribution is -2.46. The molecule has 1 aliphatic heterocycles. The number of pyridine rings is 1. The first-order chi connectivity index (χ1) is 18.2. The van der Waals surface area contributed by atoms with E-state index in [2.05, 4.69) is 14.9 Å². The monoisotopic (exact) mass is 521 g/mol. The van der Waals surface area contributed by atoms with Crippen molar-refractivity contribution in [2.45, 2.75) is 37.5 Å². The zero-order valence-electron chi connectivity index (χ0n) is 20.5. The van der Waals surface area contributed by atoms with Crippen LogP contribution >= 0.6 is 0 Å². The molecule has 0 unspecified atom stereocenters. The Kier molecular flexibility index (Phi) is 7.03. The second-order valence-corrected chi connectivity index (χ2v) is 9.56. The number of benzene rings is 2. The number of aromatic nitrogens is 2. The fourth-order valence-corrected chi connectivity index (χ4v) is 4.69. The average Bonchev–Trinajstić information content (AvgIpc) is 3.38. The smallest absolute Gasteiger partial charge is 0.431 e. The number of rotatable bonds is 7. The summed E-state index contributed by atoms with van der Waals surface area (Å²) in [6.07, 6.45) is -1.91. The normalized spacial score (nSPS) is 15.4. The van der Waals surface area contributed by atoms with Gasteiger partial charge >= 0.3 is 6.18 Å². The molecular formula is C29H26F3N3O3. The summed E-state index contributed by atoms with van der Waals surface area (Å²) >= 11 is 0. The molecule has 0 saturated carbocycles. The Labute approximate surface area is 217 Å². The van der Waals surface area contributed by atoms with Crippen molar-refractivity contribution >= 4 is 11.6 Å². The number of ketones is 1.